The maximum atomic E-state index is 9.06. The van der Waals surface area contributed by atoms with Crippen molar-refractivity contribution in [3.8, 4) is 0 Å². The summed E-state index contributed by atoms with van der Waals surface area (Å²) in [5.74, 6) is 0. The van der Waals surface area contributed by atoms with E-state index in [1.54, 1.807) is 6.92 Å². The minimum Gasteiger partial charge on any atom is -0.391 e. The molecule has 10 heavy (non-hydrogen) atoms. The van der Waals surface area contributed by atoms with Gasteiger partial charge in [0.2, 0.25) is 0 Å². The molecule has 0 aliphatic heterocycles. The van der Waals surface area contributed by atoms with Crippen LogP contribution in [0.2, 0.25) is 0 Å². The van der Waals surface area contributed by atoms with Gasteiger partial charge < -0.3 is 9.84 Å². The number of aliphatic hydroxyl groups is 1. The molecule has 1 unspecified atom stereocenters. The monoisotopic (exact) mass is 144 g/mol. The van der Waals surface area contributed by atoms with Crippen molar-refractivity contribution in [2.45, 2.75) is 51.4 Å². The number of hydrogen-bond acceptors (Lipinski definition) is 2. The molecule has 0 bridgehead atoms. The molecule has 0 aromatic rings. The molecule has 60 valence electrons. The Hall–Kier alpha value is -0.0800. The minimum absolute atomic E-state index is 0.00491. The van der Waals surface area contributed by atoms with Gasteiger partial charge in [-0.05, 0) is 33.1 Å². The van der Waals surface area contributed by atoms with E-state index in [9.17, 15) is 0 Å². The van der Waals surface area contributed by atoms with Gasteiger partial charge in [-0.2, -0.15) is 0 Å². The van der Waals surface area contributed by atoms with Gasteiger partial charge in [0.15, 0.2) is 0 Å². The van der Waals surface area contributed by atoms with Crippen molar-refractivity contribution in [2.24, 2.45) is 0 Å². The topological polar surface area (TPSA) is 29.5 Å². The fourth-order valence-electron chi connectivity index (χ4n) is 0.924. The molecule has 0 saturated heterocycles. The molecule has 0 radical (unpaired) electrons. The number of ether oxygens (including phenoxy) is 1. The zero-order chi connectivity index (χ0) is 7.56. The molecule has 0 spiro atoms. The molecular weight excluding hydrogens is 128 g/mol. The molecule has 1 fully saturated rings. The van der Waals surface area contributed by atoms with Gasteiger partial charge in [0.05, 0.1) is 18.3 Å². The number of hydrogen-bond donors (Lipinski definition) is 1. The predicted octanol–water partition coefficient (Wildman–Crippen LogP) is 1.32. The van der Waals surface area contributed by atoms with E-state index in [4.69, 9.17) is 9.84 Å². The van der Waals surface area contributed by atoms with Gasteiger partial charge in [-0.15, -0.1) is 0 Å². The van der Waals surface area contributed by atoms with E-state index in [2.05, 4.69) is 0 Å². The van der Waals surface area contributed by atoms with Gasteiger partial charge >= 0.3 is 0 Å². The van der Waals surface area contributed by atoms with E-state index in [0.717, 1.165) is 0 Å². The van der Waals surface area contributed by atoms with E-state index in [1.165, 1.54) is 19.3 Å². The second kappa shape index (κ2) is 3.35. The van der Waals surface area contributed by atoms with Gasteiger partial charge in [0, 0.05) is 0 Å². The quantitative estimate of drug-likeness (QED) is 0.647. The highest BCUT2D eigenvalue weighted by molar-refractivity contribution is 4.71. The predicted molar refractivity (Wildman–Crippen MR) is 39.9 cm³/mol. The Morgan fingerprint density at radius 3 is 2.30 bits per heavy atom. The van der Waals surface area contributed by atoms with Crippen molar-refractivity contribution in [2.75, 3.05) is 0 Å². The lowest BCUT2D eigenvalue weighted by Gasteiger charge is -2.29. The largest absolute Gasteiger partial charge is 0.391 e. The van der Waals surface area contributed by atoms with Crippen LogP contribution in [0.1, 0.15) is 33.1 Å². The normalized spacial score (nSPS) is 25.5. The molecule has 0 amide bonds. The van der Waals surface area contributed by atoms with E-state index >= 15 is 0 Å². The average molecular weight is 144 g/mol. The first-order valence-electron chi connectivity index (χ1n) is 4.03. The summed E-state index contributed by atoms with van der Waals surface area (Å²) in [6.07, 6.45) is 3.75. The van der Waals surface area contributed by atoms with Crippen LogP contribution in [0, 0.1) is 0 Å². The Bertz CT molecular complexity index is 97.4. The summed E-state index contributed by atoms with van der Waals surface area (Å²) in [7, 11) is 0. The summed E-state index contributed by atoms with van der Waals surface area (Å²) in [5.41, 5.74) is 0. The fourth-order valence-corrected chi connectivity index (χ4v) is 0.924. The van der Waals surface area contributed by atoms with Crippen molar-refractivity contribution in [1.82, 2.24) is 0 Å². The van der Waals surface area contributed by atoms with Gasteiger partial charge in [-0.25, -0.2) is 0 Å². The first kappa shape index (κ1) is 8.02. The highest BCUT2D eigenvalue weighted by Crippen LogP contribution is 2.23. The Morgan fingerprint density at radius 1 is 1.40 bits per heavy atom. The van der Waals surface area contributed by atoms with Crippen LogP contribution in [0.4, 0.5) is 0 Å². The van der Waals surface area contributed by atoms with E-state index in [-0.39, 0.29) is 12.2 Å². The lowest BCUT2D eigenvalue weighted by molar-refractivity contribution is -0.0879. The smallest absolute Gasteiger partial charge is 0.0806 e. The van der Waals surface area contributed by atoms with Crippen LogP contribution in [-0.4, -0.2) is 23.4 Å². The Morgan fingerprint density at radius 2 is 2.00 bits per heavy atom. The van der Waals surface area contributed by atoms with Gasteiger partial charge in [0.1, 0.15) is 0 Å². The van der Waals surface area contributed by atoms with Crippen molar-refractivity contribution in [1.29, 1.82) is 0 Å². The molecular formula is C8H16O2. The second-order valence-electron chi connectivity index (χ2n) is 3.13. The van der Waals surface area contributed by atoms with Gasteiger partial charge in [-0.3, -0.25) is 0 Å². The van der Waals surface area contributed by atoms with E-state index < -0.39 is 0 Å². The van der Waals surface area contributed by atoms with Crippen LogP contribution >= 0.6 is 0 Å². The summed E-state index contributed by atoms with van der Waals surface area (Å²) in [4.78, 5) is 0. The molecule has 1 N–H and O–H groups in total. The molecule has 1 rings (SSSR count). The molecule has 1 saturated carbocycles. The average Bonchev–Trinajstić information content (AvgIpc) is 1.77. The third-order valence-electron chi connectivity index (χ3n) is 2.14. The van der Waals surface area contributed by atoms with Gasteiger partial charge in [-0.1, -0.05) is 0 Å². The van der Waals surface area contributed by atoms with Crippen LogP contribution in [0.5, 0.6) is 0 Å². The van der Waals surface area contributed by atoms with Crippen molar-refractivity contribution in [3.63, 3.8) is 0 Å². The van der Waals surface area contributed by atoms with Crippen LogP contribution in [0.3, 0.4) is 0 Å². The van der Waals surface area contributed by atoms with Crippen molar-refractivity contribution < 1.29 is 9.84 Å². The SMILES string of the molecule is CC(OC1CCC1)[C@@H](C)O. The fraction of sp³-hybridized carbons (Fsp3) is 1.00. The van der Waals surface area contributed by atoms with Crippen molar-refractivity contribution in [3.05, 3.63) is 0 Å². The molecule has 0 heterocycles. The maximum Gasteiger partial charge on any atom is 0.0806 e. The maximum absolute atomic E-state index is 9.06. The molecule has 0 aromatic carbocycles. The first-order chi connectivity index (χ1) is 4.70. The Kier molecular flexibility index (Phi) is 2.69. The molecule has 2 nitrogen and oxygen atoms in total. The lowest BCUT2D eigenvalue weighted by atomic mass is 9.96. The summed E-state index contributed by atoms with van der Waals surface area (Å²) in [6, 6.07) is 0. The summed E-state index contributed by atoms with van der Waals surface area (Å²) in [6.45, 7) is 3.69. The van der Waals surface area contributed by atoms with Crippen LogP contribution in [0.25, 0.3) is 0 Å². The highest BCUT2D eigenvalue weighted by atomic mass is 16.5. The summed E-state index contributed by atoms with van der Waals surface area (Å²) < 4.78 is 5.50. The van der Waals surface area contributed by atoms with Gasteiger partial charge in [0.25, 0.3) is 0 Å². The standard InChI is InChI=1S/C8H16O2/c1-6(9)7(2)10-8-4-3-5-8/h6-9H,3-5H2,1-2H3/t6-,7?/m1/s1. The highest BCUT2D eigenvalue weighted by Gasteiger charge is 2.22. The second-order valence-corrected chi connectivity index (χ2v) is 3.13. The van der Waals surface area contributed by atoms with Crippen LogP contribution in [0.15, 0.2) is 0 Å². The Labute approximate surface area is 62.2 Å². The summed E-state index contributed by atoms with van der Waals surface area (Å²) >= 11 is 0. The first-order valence-corrected chi connectivity index (χ1v) is 4.03. The van der Waals surface area contributed by atoms with Crippen LogP contribution in [-0.2, 0) is 4.74 Å². The third-order valence-corrected chi connectivity index (χ3v) is 2.14. The van der Waals surface area contributed by atoms with Crippen LogP contribution < -0.4 is 0 Å². The van der Waals surface area contributed by atoms with Crippen molar-refractivity contribution >= 4 is 0 Å². The Balaban J connectivity index is 2.10. The minimum atomic E-state index is -0.333. The van der Waals surface area contributed by atoms with E-state index in [0.29, 0.717) is 6.10 Å². The molecule has 2 heteroatoms. The molecule has 1 aliphatic rings. The zero-order valence-corrected chi connectivity index (χ0v) is 6.71. The summed E-state index contributed by atoms with van der Waals surface area (Å²) in [5, 5.41) is 9.06. The third kappa shape index (κ3) is 1.96. The van der Waals surface area contributed by atoms with E-state index in [1.807, 2.05) is 6.92 Å². The zero-order valence-electron chi connectivity index (χ0n) is 6.71. The molecule has 1 aliphatic carbocycles. The number of aliphatic hydroxyl groups excluding tert-OH is 1. The number of rotatable bonds is 3. The lowest BCUT2D eigenvalue weighted by Crippen LogP contribution is -2.32. The molecule has 2 atom stereocenters. The molecule has 0 aromatic heterocycles.